The van der Waals surface area contributed by atoms with Gasteiger partial charge in [0.15, 0.2) is 6.10 Å². The number of alkyl halides is 3. The summed E-state index contributed by atoms with van der Waals surface area (Å²) in [6.07, 6.45) is -2.61. The van der Waals surface area contributed by atoms with Gasteiger partial charge >= 0.3 is 6.18 Å². The summed E-state index contributed by atoms with van der Waals surface area (Å²) in [6.45, 7) is 1.66. The summed E-state index contributed by atoms with van der Waals surface area (Å²) in [5.41, 5.74) is 0. The van der Waals surface area contributed by atoms with Crippen molar-refractivity contribution < 1.29 is 18.3 Å². The zero-order valence-electron chi connectivity index (χ0n) is 9.96. The maximum atomic E-state index is 12.2. The SMILES string of the molecule is CCS[C@@H]1CCCC[C@H]1NC[C@H](O)C(F)(F)F. The fraction of sp³-hybridized carbons (Fsp3) is 1.00. The van der Waals surface area contributed by atoms with Crippen LogP contribution in [0.15, 0.2) is 0 Å². The number of hydrogen-bond donors (Lipinski definition) is 2. The van der Waals surface area contributed by atoms with Crippen LogP contribution >= 0.6 is 11.8 Å². The molecule has 0 amide bonds. The number of rotatable bonds is 5. The minimum atomic E-state index is -4.52. The maximum Gasteiger partial charge on any atom is 0.415 e. The van der Waals surface area contributed by atoms with Crippen LogP contribution in [-0.2, 0) is 0 Å². The second kappa shape index (κ2) is 6.85. The molecule has 6 heteroatoms. The molecule has 1 aliphatic rings. The molecule has 1 rings (SSSR count). The zero-order chi connectivity index (χ0) is 12.9. The highest BCUT2D eigenvalue weighted by Crippen LogP contribution is 2.29. The van der Waals surface area contributed by atoms with Crippen molar-refractivity contribution in [2.24, 2.45) is 0 Å². The molecule has 0 bridgehead atoms. The number of hydrogen-bond acceptors (Lipinski definition) is 3. The highest BCUT2D eigenvalue weighted by Gasteiger charge is 2.38. The van der Waals surface area contributed by atoms with E-state index in [-0.39, 0.29) is 6.04 Å². The second-order valence-electron chi connectivity index (χ2n) is 4.35. The molecule has 0 aromatic carbocycles. The normalized spacial score (nSPS) is 28.1. The lowest BCUT2D eigenvalue weighted by atomic mass is 9.95. The van der Waals surface area contributed by atoms with Gasteiger partial charge in [0.1, 0.15) is 0 Å². The van der Waals surface area contributed by atoms with Gasteiger partial charge in [0.25, 0.3) is 0 Å². The summed E-state index contributed by atoms with van der Waals surface area (Å²) in [6, 6.07) is 0.102. The van der Waals surface area contributed by atoms with E-state index in [1.165, 1.54) is 0 Å². The molecule has 0 spiro atoms. The summed E-state index contributed by atoms with van der Waals surface area (Å²) in [4.78, 5) is 0. The second-order valence-corrected chi connectivity index (χ2v) is 5.87. The van der Waals surface area contributed by atoms with E-state index in [2.05, 4.69) is 12.2 Å². The highest BCUT2D eigenvalue weighted by atomic mass is 32.2. The molecule has 1 fully saturated rings. The summed E-state index contributed by atoms with van der Waals surface area (Å²) in [5, 5.41) is 12.2. The Labute approximate surface area is 104 Å². The Kier molecular flexibility index (Phi) is 6.09. The Balaban J connectivity index is 2.37. The van der Waals surface area contributed by atoms with Crippen molar-refractivity contribution in [1.29, 1.82) is 0 Å². The highest BCUT2D eigenvalue weighted by molar-refractivity contribution is 7.99. The largest absolute Gasteiger partial charge is 0.415 e. The first-order valence-electron chi connectivity index (χ1n) is 6.05. The van der Waals surface area contributed by atoms with Crippen LogP contribution in [0.1, 0.15) is 32.6 Å². The molecule has 1 aliphatic carbocycles. The zero-order valence-corrected chi connectivity index (χ0v) is 10.8. The lowest BCUT2D eigenvalue weighted by Crippen LogP contribution is -2.47. The number of aliphatic hydroxyl groups is 1. The third-order valence-electron chi connectivity index (χ3n) is 3.03. The Morgan fingerprint density at radius 1 is 1.35 bits per heavy atom. The summed E-state index contributed by atoms with van der Waals surface area (Å²) >= 11 is 1.79. The van der Waals surface area contributed by atoms with Crippen LogP contribution in [-0.4, -0.2) is 41.0 Å². The number of nitrogens with one attached hydrogen (secondary N) is 1. The van der Waals surface area contributed by atoms with Crippen molar-refractivity contribution >= 4 is 11.8 Å². The molecule has 0 radical (unpaired) electrons. The first-order chi connectivity index (χ1) is 7.95. The van der Waals surface area contributed by atoms with E-state index in [9.17, 15) is 13.2 Å². The van der Waals surface area contributed by atoms with Crippen LogP contribution in [0.2, 0.25) is 0 Å². The Hall–Kier alpha value is 0.0600. The Morgan fingerprint density at radius 3 is 2.59 bits per heavy atom. The van der Waals surface area contributed by atoms with Crippen LogP contribution in [0.3, 0.4) is 0 Å². The van der Waals surface area contributed by atoms with Gasteiger partial charge in [-0.2, -0.15) is 24.9 Å². The molecule has 0 saturated heterocycles. The van der Waals surface area contributed by atoms with Gasteiger partial charge in [-0.15, -0.1) is 0 Å². The number of halogens is 3. The molecule has 0 aromatic rings. The van der Waals surface area contributed by atoms with Crippen molar-refractivity contribution in [3.05, 3.63) is 0 Å². The first-order valence-corrected chi connectivity index (χ1v) is 7.09. The molecule has 0 aliphatic heterocycles. The fourth-order valence-electron chi connectivity index (χ4n) is 2.12. The molecular weight excluding hydrogens is 251 g/mol. The molecule has 0 unspecified atom stereocenters. The minimum Gasteiger partial charge on any atom is -0.382 e. The van der Waals surface area contributed by atoms with Gasteiger partial charge in [-0.25, -0.2) is 0 Å². The van der Waals surface area contributed by atoms with Crippen molar-refractivity contribution in [2.45, 2.75) is 56.2 Å². The van der Waals surface area contributed by atoms with Gasteiger partial charge in [0, 0.05) is 17.8 Å². The van der Waals surface area contributed by atoms with Crippen molar-refractivity contribution in [3.63, 3.8) is 0 Å². The molecule has 2 nitrogen and oxygen atoms in total. The lowest BCUT2D eigenvalue weighted by molar-refractivity contribution is -0.202. The molecule has 3 atom stereocenters. The maximum absolute atomic E-state index is 12.2. The van der Waals surface area contributed by atoms with E-state index in [1.54, 1.807) is 11.8 Å². The average molecular weight is 271 g/mol. The topological polar surface area (TPSA) is 32.3 Å². The predicted octanol–water partition coefficient (Wildman–Crippen LogP) is 2.56. The quantitative estimate of drug-likeness (QED) is 0.806. The summed E-state index contributed by atoms with van der Waals surface area (Å²) < 4.78 is 36.5. The van der Waals surface area contributed by atoms with E-state index in [4.69, 9.17) is 5.11 Å². The van der Waals surface area contributed by atoms with Gasteiger partial charge < -0.3 is 10.4 Å². The summed E-state index contributed by atoms with van der Waals surface area (Å²) in [5.74, 6) is 0.977. The van der Waals surface area contributed by atoms with Gasteiger partial charge in [-0.3, -0.25) is 0 Å². The van der Waals surface area contributed by atoms with Crippen LogP contribution in [0.5, 0.6) is 0 Å². The van der Waals surface area contributed by atoms with E-state index in [1.807, 2.05) is 0 Å². The van der Waals surface area contributed by atoms with Crippen molar-refractivity contribution in [2.75, 3.05) is 12.3 Å². The number of thioether (sulfide) groups is 1. The molecular formula is C11H20F3NOS. The smallest absolute Gasteiger partial charge is 0.382 e. The Morgan fingerprint density at radius 2 is 2.00 bits per heavy atom. The Bertz CT molecular complexity index is 223. The first kappa shape index (κ1) is 15.1. The standard InChI is InChI=1S/C11H20F3NOS/c1-2-17-9-6-4-3-5-8(9)15-7-10(16)11(12,13)14/h8-10,15-16H,2-7H2,1H3/t8-,9-,10+/m1/s1. The number of aliphatic hydroxyl groups excluding tert-OH is 1. The fourth-order valence-corrected chi connectivity index (χ4v) is 3.35. The van der Waals surface area contributed by atoms with Crippen LogP contribution in [0.25, 0.3) is 0 Å². The van der Waals surface area contributed by atoms with E-state index in [0.717, 1.165) is 31.4 Å². The molecule has 2 N–H and O–H groups in total. The van der Waals surface area contributed by atoms with Crippen molar-refractivity contribution in [3.8, 4) is 0 Å². The van der Waals surface area contributed by atoms with Gasteiger partial charge in [0.05, 0.1) is 0 Å². The van der Waals surface area contributed by atoms with Crippen LogP contribution in [0.4, 0.5) is 13.2 Å². The van der Waals surface area contributed by atoms with Crippen LogP contribution in [0, 0.1) is 0 Å². The molecule has 1 saturated carbocycles. The molecule has 17 heavy (non-hydrogen) atoms. The van der Waals surface area contributed by atoms with Gasteiger partial charge in [0.2, 0.25) is 0 Å². The predicted molar refractivity (Wildman–Crippen MR) is 64.2 cm³/mol. The van der Waals surface area contributed by atoms with E-state index >= 15 is 0 Å². The minimum absolute atomic E-state index is 0.102. The van der Waals surface area contributed by atoms with Gasteiger partial charge in [-0.1, -0.05) is 19.8 Å². The lowest BCUT2D eigenvalue weighted by Gasteiger charge is -2.32. The average Bonchev–Trinajstić information content (AvgIpc) is 2.26. The van der Waals surface area contributed by atoms with Crippen molar-refractivity contribution in [1.82, 2.24) is 5.32 Å². The molecule has 0 heterocycles. The molecule has 0 aromatic heterocycles. The monoisotopic (exact) mass is 271 g/mol. The third kappa shape index (κ3) is 5.06. The van der Waals surface area contributed by atoms with Gasteiger partial charge in [-0.05, 0) is 18.6 Å². The summed E-state index contributed by atoms with van der Waals surface area (Å²) in [7, 11) is 0. The van der Waals surface area contributed by atoms with E-state index in [0.29, 0.717) is 5.25 Å². The molecule has 102 valence electrons. The third-order valence-corrected chi connectivity index (χ3v) is 4.36. The van der Waals surface area contributed by atoms with Crippen LogP contribution < -0.4 is 5.32 Å². The van der Waals surface area contributed by atoms with E-state index < -0.39 is 18.8 Å².